The highest BCUT2D eigenvalue weighted by atomic mass is 32.2. The summed E-state index contributed by atoms with van der Waals surface area (Å²) in [6, 6.07) is 15.8. The molecule has 6 nitrogen and oxygen atoms in total. The fraction of sp³-hybridized carbons (Fsp3) is 0.286. The van der Waals surface area contributed by atoms with Crippen LogP contribution in [0.5, 0.6) is 0 Å². The number of aromatic nitrogens is 3. The highest BCUT2D eigenvalue weighted by Gasteiger charge is 2.22. The molecule has 0 radical (unpaired) electrons. The Hall–Kier alpha value is -2.87. The van der Waals surface area contributed by atoms with E-state index in [4.69, 9.17) is 0 Å². The van der Waals surface area contributed by atoms with Crippen LogP contribution in [0.3, 0.4) is 0 Å². The third-order valence-corrected chi connectivity index (χ3v) is 5.64. The van der Waals surface area contributed by atoms with Crippen LogP contribution in [0.15, 0.2) is 59.8 Å². The van der Waals surface area contributed by atoms with Gasteiger partial charge in [0.25, 0.3) is 0 Å². The van der Waals surface area contributed by atoms with Crippen molar-refractivity contribution >= 4 is 29.3 Å². The maximum absolute atomic E-state index is 13.3. The second-order valence-electron chi connectivity index (χ2n) is 6.85. The van der Waals surface area contributed by atoms with Gasteiger partial charge >= 0.3 is 0 Å². The molecule has 1 amide bonds. The lowest BCUT2D eigenvalue weighted by molar-refractivity contribution is -0.113. The van der Waals surface area contributed by atoms with E-state index in [0.29, 0.717) is 10.8 Å². The van der Waals surface area contributed by atoms with Gasteiger partial charge in [-0.1, -0.05) is 36.0 Å². The average molecular weight is 412 g/mol. The van der Waals surface area contributed by atoms with Crippen molar-refractivity contribution in [2.45, 2.75) is 24.4 Å². The quantitative estimate of drug-likeness (QED) is 0.618. The fourth-order valence-corrected chi connectivity index (χ4v) is 4.10. The van der Waals surface area contributed by atoms with Crippen LogP contribution in [0, 0.1) is 5.82 Å². The molecule has 150 valence electrons. The van der Waals surface area contributed by atoms with Gasteiger partial charge in [0.05, 0.1) is 11.4 Å². The number of rotatable bonds is 6. The molecule has 4 rings (SSSR count). The maximum atomic E-state index is 13.3. The summed E-state index contributed by atoms with van der Waals surface area (Å²) >= 11 is 1.32. The predicted molar refractivity (Wildman–Crippen MR) is 113 cm³/mol. The van der Waals surface area contributed by atoms with E-state index in [0.717, 1.165) is 37.6 Å². The summed E-state index contributed by atoms with van der Waals surface area (Å²) in [5, 5.41) is 12.2. The minimum atomic E-state index is -0.384. The fourth-order valence-electron chi connectivity index (χ4n) is 3.35. The number of carbonyl (C=O) groups is 1. The monoisotopic (exact) mass is 411 g/mol. The molecule has 3 aromatic rings. The molecular weight excluding hydrogens is 389 g/mol. The number of amides is 1. The molecular formula is C21H22FN5OS. The Kier molecular flexibility index (Phi) is 6.09. The molecule has 2 aromatic carbocycles. The molecule has 29 heavy (non-hydrogen) atoms. The second-order valence-corrected chi connectivity index (χ2v) is 7.79. The van der Waals surface area contributed by atoms with Crippen LogP contribution < -0.4 is 10.2 Å². The zero-order chi connectivity index (χ0) is 20.1. The SMILES string of the molecule is O=C(CSc1nnc(N2CCCCC2)n1-c1ccccc1)Nc1cccc(F)c1. The summed E-state index contributed by atoms with van der Waals surface area (Å²) in [5.74, 6) is 0.360. The average Bonchev–Trinajstić information content (AvgIpc) is 3.17. The van der Waals surface area contributed by atoms with Crippen molar-refractivity contribution in [2.75, 3.05) is 29.1 Å². The molecule has 1 aromatic heterocycles. The van der Waals surface area contributed by atoms with Crippen LogP contribution in [0.2, 0.25) is 0 Å². The Labute approximate surface area is 173 Å². The van der Waals surface area contributed by atoms with Gasteiger partial charge in [-0.3, -0.25) is 9.36 Å². The van der Waals surface area contributed by atoms with Crippen LogP contribution in [-0.2, 0) is 4.79 Å². The number of hydrogen-bond acceptors (Lipinski definition) is 5. The smallest absolute Gasteiger partial charge is 0.234 e. The van der Waals surface area contributed by atoms with Gasteiger partial charge in [0.1, 0.15) is 5.82 Å². The largest absolute Gasteiger partial charge is 0.341 e. The van der Waals surface area contributed by atoms with Crippen molar-refractivity contribution in [1.82, 2.24) is 14.8 Å². The molecule has 1 aliphatic heterocycles. The molecule has 0 unspecified atom stereocenters. The summed E-state index contributed by atoms with van der Waals surface area (Å²) in [5.41, 5.74) is 1.40. The highest BCUT2D eigenvalue weighted by molar-refractivity contribution is 7.99. The number of nitrogens with zero attached hydrogens (tertiary/aromatic N) is 4. The second kappa shape index (κ2) is 9.09. The molecule has 1 fully saturated rings. The van der Waals surface area contributed by atoms with Crippen molar-refractivity contribution < 1.29 is 9.18 Å². The molecule has 0 aliphatic carbocycles. The van der Waals surface area contributed by atoms with Gasteiger partial charge in [0.15, 0.2) is 5.16 Å². The molecule has 0 atom stereocenters. The predicted octanol–water partition coefficient (Wildman–Crippen LogP) is 4.13. The lowest BCUT2D eigenvalue weighted by atomic mass is 10.1. The van der Waals surface area contributed by atoms with E-state index in [9.17, 15) is 9.18 Å². The zero-order valence-corrected chi connectivity index (χ0v) is 16.7. The molecule has 2 heterocycles. The van der Waals surface area contributed by atoms with E-state index >= 15 is 0 Å². The lowest BCUT2D eigenvalue weighted by Gasteiger charge is -2.27. The first-order valence-corrected chi connectivity index (χ1v) is 10.6. The summed E-state index contributed by atoms with van der Waals surface area (Å²) in [6.07, 6.45) is 3.51. The van der Waals surface area contributed by atoms with Gasteiger partial charge in [0.2, 0.25) is 11.9 Å². The summed E-state index contributed by atoms with van der Waals surface area (Å²) in [6.45, 7) is 1.91. The van der Waals surface area contributed by atoms with Crippen molar-refractivity contribution in [3.8, 4) is 5.69 Å². The van der Waals surface area contributed by atoms with Gasteiger partial charge in [-0.25, -0.2) is 4.39 Å². The van der Waals surface area contributed by atoms with E-state index in [1.165, 1.54) is 30.3 Å². The van der Waals surface area contributed by atoms with Crippen molar-refractivity contribution in [2.24, 2.45) is 0 Å². The third kappa shape index (κ3) is 4.76. The zero-order valence-electron chi connectivity index (χ0n) is 15.9. The number of carbonyl (C=O) groups excluding carboxylic acids is 1. The summed E-state index contributed by atoms with van der Waals surface area (Å²) < 4.78 is 15.3. The Balaban J connectivity index is 1.52. The van der Waals surface area contributed by atoms with E-state index < -0.39 is 0 Å². The van der Waals surface area contributed by atoms with Crippen molar-refractivity contribution in [1.29, 1.82) is 0 Å². The topological polar surface area (TPSA) is 63.1 Å². The Morgan fingerprint density at radius 2 is 1.83 bits per heavy atom. The Bertz CT molecular complexity index is 972. The van der Waals surface area contributed by atoms with E-state index in [1.807, 2.05) is 34.9 Å². The van der Waals surface area contributed by atoms with Gasteiger partial charge in [-0.2, -0.15) is 0 Å². The third-order valence-electron chi connectivity index (χ3n) is 4.71. The molecule has 1 N–H and O–H groups in total. The Morgan fingerprint density at radius 1 is 1.03 bits per heavy atom. The van der Waals surface area contributed by atoms with E-state index in [1.54, 1.807) is 12.1 Å². The standard InChI is InChI=1S/C21H22FN5OS/c22-16-8-7-9-17(14-16)23-19(28)15-29-21-25-24-20(26-12-5-2-6-13-26)27(21)18-10-3-1-4-11-18/h1,3-4,7-11,14H,2,5-6,12-13,15H2,(H,23,28). The van der Waals surface area contributed by atoms with Gasteiger partial charge in [0, 0.05) is 18.8 Å². The number of hydrogen-bond donors (Lipinski definition) is 1. The minimum Gasteiger partial charge on any atom is -0.341 e. The Morgan fingerprint density at radius 3 is 2.59 bits per heavy atom. The molecule has 1 saturated heterocycles. The van der Waals surface area contributed by atoms with E-state index in [-0.39, 0.29) is 17.5 Å². The summed E-state index contributed by atoms with van der Waals surface area (Å²) in [4.78, 5) is 14.6. The first kappa shape index (κ1) is 19.4. The minimum absolute atomic E-state index is 0.154. The number of para-hydroxylation sites is 1. The van der Waals surface area contributed by atoms with Crippen LogP contribution in [-0.4, -0.2) is 39.5 Å². The van der Waals surface area contributed by atoms with Crippen LogP contribution in [0.25, 0.3) is 5.69 Å². The number of nitrogens with one attached hydrogen (secondary N) is 1. The summed E-state index contributed by atoms with van der Waals surface area (Å²) in [7, 11) is 0. The molecule has 0 bridgehead atoms. The van der Waals surface area contributed by atoms with Gasteiger partial charge in [-0.05, 0) is 49.6 Å². The first-order valence-electron chi connectivity index (χ1n) is 9.65. The van der Waals surface area contributed by atoms with Gasteiger partial charge < -0.3 is 10.2 Å². The van der Waals surface area contributed by atoms with Crippen molar-refractivity contribution in [3.05, 3.63) is 60.4 Å². The molecule has 0 spiro atoms. The highest BCUT2D eigenvalue weighted by Crippen LogP contribution is 2.28. The number of halogens is 1. The normalized spacial score (nSPS) is 14.0. The van der Waals surface area contributed by atoms with Gasteiger partial charge in [-0.15, -0.1) is 10.2 Å². The number of benzene rings is 2. The number of anilines is 2. The van der Waals surface area contributed by atoms with E-state index in [2.05, 4.69) is 20.4 Å². The van der Waals surface area contributed by atoms with Crippen LogP contribution >= 0.6 is 11.8 Å². The van der Waals surface area contributed by atoms with Crippen molar-refractivity contribution in [3.63, 3.8) is 0 Å². The lowest BCUT2D eigenvalue weighted by Crippen LogP contribution is -2.31. The molecule has 1 aliphatic rings. The number of piperidine rings is 1. The molecule has 0 saturated carbocycles. The maximum Gasteiger partial charge on any atom is 0.234 e. The van der Waals surface area contributed by atoms with Crippen LogP contribution in [0.1, 0.15) is 19.3 Å². The number of thioether (sulfide) groups is 1. The van der Waals surface area contributed by atoms with Crippen LogP contribution in [0.4, 0.5) is 16.0 Å². The molecule has 8 heteroatoms. The first-order chi connectivity index (χ1) is 14.2.